The van der Waals surface area contributed by atoms with E-state index in [9.17, 15) is 51.5 Å². The number of hydrogen-bond acceptors (Lipinski definition) is 12. The molecule has 6 aliphatic rings. The molecule has 1 aromatic carbocycles. The second kappa shape index (κ2) is 32.5. The van der Waals surface area contributed by atoms with E-state index in [1.807, 2.05) is 20.8 Å². The third kappa shape index (κ3) is 17.4. The van der Waals surface area contributed by atoms with Crippen LogP contribution >= 0.6 is 0 Å². The van der Waals surface area contributed by atoms with Crippen molar-refractivity contribution in [2.75, 3.05) is 76.0 Å². The molecule has 0 unspecified atom stereocenters. The number of rotatable bonds is 10. The minimum absolute atomic E-state index is 0.00136. The minimum atomic E-state index is -5.00. The number of amides is 12. The molecule has 3 aliphatic carbocycles. The summed E-state index contributed by atoms with van der Waals surface area (Å²) in [6.07, 6.45) is 1.40. The number of halogens is 4. The van der Waals surface area contributed by atoms with Gasteiger partial charge in [-0.2, -0.15) is 13.2 Å². The Morgan fingerprint density at radius 1 is 0.649 bits per heavy atom. The lowest BCUT2D eigenvalue weighted by molar-refractivity contribution is -0.161. The lowest BCUT2D eigenvalue weighted by Crippen LogP contribution is -2.65. The first-order valence-electron chi connectivity index (χ1n) is 34.7. The smallest absolute Gasteiger partial charge is 0.347 e. The molecule has 0 radical (unpaired) electrons. The van der Waals surface area contributed by atoms with Crippen LogP contribution in [0.1, 0.15) is 168 Å². The lowest BCUT2D eigenvalue weighted by atomic mass is 9.90. The average molecular weight is 1370 g/mol. The molecule has 97 heavy (non-hydrogen) atoms. The van der Waals surface area contributed by atoms with Gasteiger partial charge in [0.1, 0.15) is 65.7 Å². The molecule has 1 spiro atoms. The normalized spacial score (nSPS) is 28.1. The zero-order valence-corrected chi connectivity index (χ0v) is 58.9. The minimum Gasteiger partial charge on any atom is -0.347 e. The standard InChI is InChI=1S/C69H104F4N12O12/c1-14-41(4)55-64(94)79(9)42(5)60(90)85-35-31-50(85)63(93)82(12)56(44-22-15-16-23-44)65(95)78(8)39-53(86)74-48(30-28-43-27-29-46(47(70)37-43)69(71,72)73)61(91)84-34-21-26-49(84)59(89)76-68(32-19-20-33-68)67(97)83(13)57(45-24-17-18-25-45)66(96)81(11)52(62(92)77(6)7)38-54(87)80(10)51(36-40(2)3)58(88)75-55/h27,29,37,40-42,44-45,48-52,55-57H,14-26,28,30-36,38-39H2,1-13H3,(H,74,86)(H,75,88)(H,76,89)/t41-,42-,48-,49-,50-,51-,52-,55-,56-,57-/m0/s1. The summed E-state index contributed by atoms with van der Waals surface area (Å²) < 4.78 is 56.1. The fourth-order valence-corrected chi connectivity index (χ4v) is 15.3. The Morgan fingerprint density at radius 3 is 1.77 bits per heavy atom. The number of aryl methyl sites for hydroxylation is 1. The van der Waals surface area contributed by atoms with E-state index < -0.39 is 173 Å². The van der Waals surface area contributed by atoms with Crippen LogP contribution in [-0.4, -0.2) is 251 Å². The highest BCUT2D eigenvalue weighted by Gasteiger charge is 2.52. The lowest BCUT2D eigenvalue weighted by Gasteiger charge is -2.45. The Morgan fingerprint density at radius 2 is 1.24 bits per heavy atom. The predicted molar refractivity (Wildman–Crippen MR) is 350 cm³/mol. The second-order valence-corrected chi connectivity index (χ2v) is 28.9. The largest absolute Gasteiger partial charge is 0.419 e. The van der Waals surface area contributed by atoms with E-state index in [-0.39, 0.29) is 75.4 Å². The van der Waals surface area contributed by atoms with Crippen LogP contribution in [0.3, 0.4) is 0 Å². The predicted octanol–water partition coefficient (Wildman–Crippen LogP) is 4.35. The molecule has 3 saturated heterocycles. The first-order chi connectivity index (χ1) is 45.6. The quantitative estimate of drug-likeness (QED) is 0.276. The molecule has 0 bridgehead atoms. The van der Waals surface area contributed by atoms with Crippen molar-refractivity contribution in [3.63, 3.8) is 0 Å². The van der Waals surface area contributed by atoms with Crippen molar-refractivity contribution in [1.82, 2.24) is 60.0 Å². The molecule has 7 rings (SSSR count). The van der Waals surface area contributed by atoms with Crippen LogP contribution in [0.25, 0.3) is 0 Å². The van der Waals surface area contributed by atoms with E-state index in [2.05, 4.69) is 16.0 Å². The van der Waals surface area contributed by atoms with Crippen LogP contribution in [0.15, 0.2) is 18.2 Å². The van der Waals surface area contributed by atoms with Crippen LogP contribution in [-0.2, 0) is 70.1 Å². The number of benzene rings is 1. The number of fused-ring (bicyclic) bond motifs is 2. The van der Waals surface area contributed by atoms with E-state index in [4.69, 9.17) is 0 Å². The van der Waals surface area contributed by atoms with Gasteiger partial charge >= 0.3 is 6.18 Å². The molecule has 3 aliphatic heterocycles. The van der Waals surface area contributed by atoms with Crippen molar-refractivity contribution in [3.05, 3.63) is 35.1 Å². The Labute approximate surface area is 567 Å². The molecule has 0 aromatic heterocycles. The van der Waals surface area contributed by atoms with E-state index in [1.54, 1.807) is 6.92 Å². The van der Waals surface area contributed by atoms with Gasteiger partial charge in [-0.3, -0.25) is 57.5 Å². The van der Waals surface area contributed by atoms with Gasteiger partial charge in [-0.05, 0) is 125 Å². The van der Waals surface area contributed by atoms with Gasteiger partial charge in [0.2, 0.25) is 70.9 Å². The maximum atomic E-state index is 15.5. The zero-order chi connectivity index (χ0) is 71.9. The van der Waals surface area contributed by atoms with Crippen molar-refractivity contribution in [2.24, 2.45) is 23.7 Å². The molecular weight excluding hydrogens is 1260 g/mol. The summed E-state index contributed by atoms with van der Waals surface area (Å²) >= 11 is 0. The summed E-state index contributed by atoms with van der Waals surface area (Å²) in [7, 11) is 11.5. The Kier molecular flexibility index (Phi) is 25.8. The Balaban J connectivity index is 1.28. The monoisotopic (exact) mass is 1370 g/mol. The Hall–Kier alpha value is -7.42. The summed E-state index contributed by atoms with van der Waals surface area (Å²) in [5.41, 5.74) is -3.04. The van der Waals surface area contributed by atoms with Gasteiger partial charge in [0.15, 0.2) is 0 Å². The summed E-state index contributed by atoms with van der Waals surface area (Å²) in [4.78, 5) is 190. The van der Waals surface area contributed by atoms with E-state index >= 15 is 23.6 Å². The highest BCUT2D eigenvalue weighted by atomic mass is 19.4. The number of likely N-dealkylation sites (N-methyl/N-ethyl adjacent to an activating group) is 7. The third-order valence-corrected chi connectivity index (χ3v) is 21.6. The summed E-state index contributed by atoms with van der Waals surface area (Å²) in [5.74, 6) is -11.0. The van der Waals surface area contributed by atoms with Crippen LogP contribution in [0.4, 0.5) is 17.6 Å². The fourth-order valence-electron chi connectivity index (χ4n) is 15.3. The first-order valence-corrected chi connectivity index (χ1v) is 34.7. The molecule has 28 heteroatoms. The van der Waals surface area contributed by atoms with Gasteiger partial charge in [0.25, 0.3) is 0 Å². The van der Waals surface area contributed by atoms with Crippen molar-refractivity contribution in [1.29, 1.82) is 0 Å². The molecule has 1 aromatic rings. The van der Waals surface area contributed by atoms with Crippen LogP contribution in [0.2, 0.25) is 0 Å². The Bertz CT molecular complexity index is 3100. The van der Waals surface area contributed by atoms with E-state index in [0.717, 1.165) is 36.6 Å². The van der Waals surface area contributed by atoms with Gasteiger partial charge in [-0.1, -0.05) is 78.7 Å². The molecule has 12 amide bonds. The van der Waals surface area contributed by atoms with Crippen molar-refractivity contribution < 1.29 is 75.1 Å². The summed E-state index contributed by atoms with van der Waals surface area (Å²) in [5, 5.41) is 8.63. The SMILES string of the molecule is CC[C@H](C)[C@@H]1NC(=O)[C@H](CC(C)C)N(C)C(=O)C[C@@H](C(=O)N(C)C)N(C)C(=O)[C@H](C2CCCC2)N(C)C(=O)C2(CCCC2)NC(=O)[C@@H]2CCCN2C(=O)[C@H](CCc2ccc(C(F)(F)F)c(F)c2)NC(=O)CN(C)C(=O)[C@H](C2CCCC2)N(C)C(=O)[C@@H]2CCN2C(=O)[C@H](C)N(C)C1=O. The van der Waals surface area contributed by atoms with Crippen LogP contribution < -0.4 is 16.0 Å². The molecular formula is C69H104F4N12O12. The molecule has 6 fully saturated rings. The van der Waals surface area contributed by atoms with Crippen molar-refractivity contribution >= 4 is 70.9 Å². The molecule has 3 saturated carbocycles. The summed E-state index contributed by atoms with van der Waals surface area (Å²) in [6.45, 7) is 8.28. The van der Waals surface area contributed by atoms with Gasteiger partial charge in [-0.25, -0.2) is 4.39 Å². The topological polar surface area (TPSA) is 270 Å². The number of carbonyl (C=O) groups is 12. The van der Waals surface area contributed by atoms with Gasteiger partial charge in [-0.15, -0.1) is 0 Å². The molecule has 540 valence electrons. The fraction of sp³-hybridized carbons (Fsp3) is 0.739. The number of alkyl halides is 3. The van der Waals surface area contributed by atoms with Gasteiger partial charge < -0.3 is 60.0 Å². The van der Waals surface area contributed by atoms with Gasteiger partial charge in [0.05, 0.1) is 18.5 Å². The maximum absolute atomic E-state index is 15.5. The highest BCUT2D eigenvalue weighted by Crippen LogP contribution is 2.39. The summed E-state index contributed by atoms with van der Waals surface area (Å²) in [6, 6.07) is -8.79. The highest BCUT2D eigenvalue weighted by molar-refractivity contribution is 6.01. The van der Waals surface area contributed by atoms with Crippen molar-refractivity contribution in [3.8, 4) is 0 Å². The van der Waals surface area contributed by atoms with Crippen LogP contribution in [0.5, 0.6) is 0 Å². The van der Waals surface area contributed by atoms with Crippen LogP contribution in [0, 0.1) is 29.5 Å². The number of nitrogens with one attached hydrogen (secondary N) is 3. The van der Waals surface area contributed by atoms with Crippen molar-refractivity contribution in [2.45, 2.75) is 229 Å². The number of hydrogen-bond donors (Lipinski definition) is 3. The molecule has 3 N–H and O–H groups in total. The van der Waals surface area contributed by atoms with Gasteiger partial charge in [0, 0.05) is 69.5 Å². The molecule has 24 nitrogen and oxygen atoms in total. The molecule has 10 atom stereocenters. The first kappa shape index (κ1) is 76.9. The maximum Gasteiger partial charge on any atom is 0.419 e. The van der Waals surface area contributed by atoms with E-state index in [0.29, 0.717) is 63.5 Å². The number of carbonyl (C=O) groups excluding carboxylic acids is 12. The zero-order valence-electron chi connectivity index (χ0n) is 58.9. The molecule has 3 heterocycles. The van der Waals surface area contributed by atoms with E-state index in [1.165, 1.54) is 103 Å². The third-order valence-electron chi connectivity index (χ3n) is 21.6. The number of nitrogens with zero attached hydrogens (tertiary/aromatic N) is 9. The second-order valence-electron chi connectivity index (χ2n) is 28.9. The average Bonchev–Trinajstić information content (AvgIpc) is 1.61.